The minimum atomic E-state index is 0.266. The molecule has 0 N–H and O–H groups in total. The maximum atomic E-state index is 5.28. The maximum absolute atomic E-state index is 5.28. The van der Waals surface area contributed by atoms with Crippen molar-refractivity contribution in [3.8, 4) is 34.6 Å². The monoisotopic (exact) mass is 284 g/mol. The average Bonchev–Trinajstić information content (AvgIpc) is 3.04. The molecule has 2 aromatic heterocycles. The van der Waals surface area contributed by atoms with E-state index in [2.05, 4.69) is 20.1 Å². The predicted molar refractivity (Wildman–Crippen MR) is 73.9 cm³/mol. The van der Waals surface area contributed by atoms with Crippen LogP contribution in [0.1, 0.15) is 0 Å². The zero-order chi connectivity index (χ0) is 14.7. The third-order valence-corrected chi connectivity index (χ3v) is 2.81. The van der Waals surface area contributed by atoms with Crippen molar-refractivity contribution in [2.75, 3.05) is 14.2 Å². The molecule has 3 rings (SSSR count). The summed E-state index contributed by atoms with van der Waals surface area (Å²) in [5.41, 5.74) is 1.19. The standard InChI is InChI=1S/C14H12N4O3/c1-19-11-6-4-3-5-9(11)13-17-14(21-18-13)10-7-15-8-12(16-10)20-2/h3-8H,1-2H3. The third kappa shape index (κ3) is 2.53. The highest BCUT2D eigenvalue weighted by Crippen LogP contribution is 2.28. The van der Waals surface area contributed by atoms with Crippen molar-refractivity contribution in [2.24, 2.45) is 0 Å². The van der Waals surface area contributed by atoms with Gasteiger partial charge in [-0.05, 0) is 12.1 Å². The zero-order valence-corrected chi connectivity index (χ0v) is 11.5. The Balaban J connectivity index is 1.99. The van der Waals surface area contributed by atoms with Crippen molar-refractivity contribution >= 4 is 0 Å². The van der Waals surface area contributed by atoms with Gasteiger partial charge in [-0.15, -0.1) is 0 Å². The van der Waals surface area contributed by atoms with Gasteiger partial charge in [-0.25, -0.2) is 4.98 Å². The van der Waals surface area contributed by atoms with E-state index in [4.69, 9.17) is 14.0 Å². The molecule has 0 bridgehead atoms. The van der Waals surface area contributed by atoms with E-state index in [-0.39, 0.29) is 5.89 Å². The molecular weight excluding hydrogens is 272 g/mol. The summed E-state index contributed by atoms with van der Waals surface area (Å²) in [4.78, 5) is 12.5. The van der Waals surface area contributed by atoms with Crippen LogP contribution in [0.3, 0.4) is 0 Å². The number of benzene rings is 1. The van der Waals surface area contributed by atoms with E-state index in [9.17, 15) is 0 Å². The van der Waals surface area contributed by atoms with Gasteiger partial charge in [0, 0.05) is 0 Å². The number of ether oxygens (including phenoxy) is 2. The average molecular weight is 284 g/mol. The normalized spacial score (nSPS) is 10.4. The highest BCUT2D eigenvalue weighted by Gasteiger charge is 2.15. The number of methoxy groups -OCH3 is 2. The van der Waals surface area contributed by atoms with Gasteiger partial charge < -0.3 is 14.0 Å². The van der Waals surface area contributed by atoms with E-state index in [1.54, 1.807) is 7.11 Å². The lowest BCUT2D eigenvalue weighted by molar-refractivity contribution is 0.393. The Morgan fingerprint density at radius 1 is 1.00 bits per heavy atom. The van der Waals surface area contributed by atoms with Crippen LogP contribution < -0.4 is 9.47 Å². The van der Waals surface area contributed by atoms with Crippen LogP contribution in [0.2, 0.25) is 0 Å². The zero-order valence-electron chi connectivity index (χ0n) is 11.5. The van der Waals surface area contributed by atoms with E-state index in [0.29, 0.717) is 23.1 Å². The van der Waals surface area contributed by atoms with Crippen molar-refractivity contribution in [2.45, 2.75) is 0 Å². The van der Waals surface area contributed by atoms with Crippen molar-refractivity contribution < 1.29 is 14.0 Å². The van der Waals surface area contributed by atoms with Crippen molar-refractivity contribution in [1.82, 2.24) is 20.1 Å². The van der Waals surface area contributed by atoms with Gasteiger partial charge in [-0.2, -0.15) is 4.98 Å². The molecule has 0 atom stereocenters. The quantitative estimate of drug-likeness (QED) is 0.726. The Hall–Kier alpha value is -2.96. The summed E-state index contributed by atoms with van der Waals surface area (Å²) >= 11 is 0. The Labute approximate surface area is 120 Å². The fourth-order valence-electron chi connectivity index (χ4n) is 1.82. The highest BCUT2D eigenvalue weighted by atomic mass is 16.5. The summed E-state index contributed by atoms with van der Waals surface area (Å²) in [5.74, 6) is 1.74. The number of hydrogen-bond donors (Lipinski definition) is 0. The molecule has 106 valence electrons. The number of nitrogens with zero attached hydrogens (tertiary/aromatic N) is 4. The highest BCUT2D eigenvalue weighted by molar-refractivity contribution is 5.65. The summed E-state index contributed by atoms with van der Waals surface area (Å²) < 4.78 is 15.5. The van der Waals surface area contributed by atoms with Crippen molar-refractivity contribution in [3.05, 3.63) is 36.7 Å². The van der Waals surface area contributed by atoms with E-state index >= 15 is 0 Å². The number of hydrogen-bond acceptors (Lipinski definition) is 7. The summed E-state index contributed by atoms with van der Waals surface area (Å²) in [7, 11) is 3.11. The first-order valence-electron chi connectivity index (χ1n) is 6.15. The van der Waals surface area contributed by atoms with Crippen molar-refractivity contribution in [1.29, 1.82) is 0 Å². The fourth-order valence-corrected chi connectivity index (χ4v) is 1.82. The van der Waals surface area contributed by atoms with Gasteiger partial charge in [-0.3, -0.25) is 4.98 Å². The Kier molecular flexibility index (Phi) is 3.46. The topological polar surface area (TPSA) is 83.2 Å². The third-order valence-electron chi connectivity index (χ3n) is 2.81. The predicted octanol–water partition coefficient (Wildman–Crippen LogP) is 2.21. The molecule has 7 heteroatoms. The van der Waals surface area contributed by atoms with Gasteiger partial charge in [-0.1, -0.05) is 17.3 Å². The molecule has 0 aliphatic heterocycles. The van der Waals surface area contributed by atoms with Crippen LogP contribution in [0.5, 0.6) is 11.6 Å². The summed E-state index contributed by atoms with van der Waals surface area (Å²) in [6, 6.07) is 7.43. The van der Waals surface area contributed by atoms with E-state index in [0.717, 1.165) is 5.56 Å². The second kappa shape index (κ2) is 5.58. The molecule has 0 unspecified atom stereocenters. The Bertz CT molecular complexity index is 757. The largest absolute Gasteiger partial charge is 0.496 e. The van der Waals surface area contributed by atoms with E-state index in [1.807, 2.05) is 24.3 Å². The Morgan fingerprint density at radius 3 is 2.67 bits per heavy atom. The lowest BCUT2D eigenvalue weighted by Crippen LogP contribution is -1.92. The van der Waals surface area contributed by atoms with E-state index in [1.165, 1.54) is 19.5 Å². The van der Waals surface area contributed by atoms with Gasteiger partial charge >= 0.3 is 0 Å². The van der Waals surface area contributed by atoms with Crippen LogP contribution in [-0.4, -0.2) is 34.3 Å². The number of rotatable bonds is 4. The molecule has 0 amide bonds. The van der Waals surface area contributed by atoms with Crippen LogP contribution in [0.15, 0.2) is 41.2 Å². The molecule has 0 fully saturated rings. The molecule has 0 spiro atoms. The first kappa shape index (κ1) is 13.0. The molecule has 0 aliphatic carbocycles. The molecule has 2 heterocycles. The van der Waals surface area contributed by atoms with Crippen LogP contribution in [-0.2, 0) is 0 Å². The smallest absolute Gasteiger partial charge is 0.278 e. The summed E-state index contributed by atoms with van der Waals surface area (Å²) in [6.45, 7) is 0. The van der Waals surface area contributed by atoms with Gasteiger partial charge in [0.25, 0.3) is 5.89 Å². The maximum Gasteiger partial charge on any atom is 0.278 e. The van der Waals surface area contributed by atoms with Crippen molar-refractivity contribution in [3.63, 3.8) is 0 Å². The molecule has 0 saturated heterocycles. The van der Waals surface area contributed by atoms with Gasteiger partial charge in [0.15, 0.2) is 5.69 Å². The molecule has 1 aromatic carbocycles. The SMILES string of the molecule is COc1cncc(-c2nc(-c3ccccc3OC)no2)n1. The van der Waals surface area contributed by atoms with Gasteiger partial charge in [0.1, 0.15) is 5.75 Å². The van der Waals surface area contributed by atoms with Crippen LogP contribution in [0.25, 0.3) is 23.0 Å². The Morgan fingerprint density at radius 2 is 1.86 bits per heavy atom. The molecule has 0 saturated carbocycles. The molecule has 0 aliphatic rings. The minimum absolute atomic E-state index is 0.266. The first-order chi connectivity index (χ1) is 10.3. The van der Waals surface area contributed by atoms with Crippen LogP contribution in [0, 0.1) is 0 Å². The number of para-hydroxylation sites is 1. The molecule has 3 aromatic rings. The molecular formula is C14H12N4O3. The molecule has 7 nitrogen and oxygen atoms in total. The summed E-state index contributed by atoms with van der Waals surface area (Å²) in [6.07, 6.45) is 3.03. The van der Waals surface area contributed by atoms with Crippen LogP contribution >= 0.6 is 0 Å². The minimum Gasteiger partial charge on any atom is -0.496 e. The fraction of sp³-hybridized carbons (Fsp3) is 0.143. The lowest BCUT2D eigenvalue weighted by atomic mass is 10.2. The second-order valence-corrected chi connectivity index (χ2v) is 4.07. The second-order valence-electron chi connectivity index (χ2n) is 4.07. The molecule has 0 radical (unpaired) electrons. The molecule has 21 heavy (non-hydrogen) atoms. The van der Waals surface area contributed by atoms with E-state index < -0.39 is 0 Å². The van der Waals surface area contributed by atoms with Crippen LogP contribution in [0.4, 0.5) is 0 Å². The lowest BCUT2D eigenvalue weighted by Gasteiger charge is -2.03. The van der Waals surface area contributed by atoms with Gasteiger partial charge in [0.05, 0.1) is 32.2 Å². The summed E-state index contributed by atoms with van der Waals surface area (Å²) in [5, 5.41) is 3.95. The number of aromatic nitrogens is 4. The first-order valence-corrected chi connectivity index (χ1v) is 6.15. The van der Waals surface area contributed by atoms with Gasteiger partial charge in [0.2, 0.25) is 11.7 Å².